The molecule has 1 heterocycles. The van der Waals surface area contributed by atoms with Crippen molar-refractivity contribution < 1.29 is 9.95 Å². The molecule has 132 valence electrons. The van der Waals surface area contributed by atoms with E-state index < -0.39 is 0 Å². The van der Waals surface area contributed by atoms with Crippen molar-refractivity contribution in [3.05, 3.63) is 53.2 Å². The number of rotatable bonds is 6. The van der Waals surface area contributed by atoms with Gasteiger partial charge in [-0.2, -0.15) is 0 Å². The molecule has 0 saturated carbocycles. The summed E-state index contributed by atoms with van der Waals surface area (Å²) in [7, 11) is 0. The van der Waals surface area contributed by atoms with Gasteiger partial charge in [0.25, 0.3) is 0 Å². The number of phenols is 1. The second kappa shape index (κ2) is 6.75. The van der Waals surface area contributed by atoms with Gasteiger partial charge in [0.1, 0.15) is 5.75 Å². The smallest absolute Gasteiger partial charge is 0.250 e. The molecule has 1 N–H and O–H groups in total. The normalized spacial score (nSPS) is 12.0. The van der Waals surface area contributed by atoms with E-state index in [2.05, 4.69) is 25.9 Å². The fourth-order valence-corrected chi connectivity index (χ4v) is 3.17. The Morgan fingerprint density at radius 3 is 2.64 bits per heavy atom. The molecule has 0 radical (unpaired) electrons. The van der Waals surface area contributed by atoms with Gasteiger partial charge in [0.15, 0.2) is 5.69 Å². The highest BCUT2D eigenvalue weighted by molar-refractivity contribution is 5.70. The lowest BCUT2D eigenvalue weighted by molar-refractivity contribution is -0.664. The van der Waals surface area contributed by atoms with E-state index in [1.165, 1.54) is 17.6 Å². The molecule has 5 nitrogen and oxygen atoms in total. The number of aromatic nitrogens is 3. The van der Waals surface area contributed by atoms with Crippen LogP contribution in [0.2, 0.25) is 0 Å². The molecule has 0 fully saturated rings. The van der Waals surface area contributed by atoms with Crippen LogP contribution in [0.4, 0.5) is 0 Å². The van der Waals surface area contributed by atoms with Gasteiger partial charge in [-0.1, -0.05) is 58.2 Å². The van der Waals surface area contributed by atoms with E-state index in [9.17, 15) is 10.3 Å². The molecule has 2 aromatic carbocycles. The lowest BCUT2D eigenvalue weighted by atomic mass is 9.80. The standard InChI is InChI=1S/C20H25N3O2/c1-4-5-8-13-20(2,3)15-11-12-19(24)18(14-15)22-21-16-9-6-7-10-17(16)23(22)25/h6-7,9-12,14,24H,4-5,8,13H2,1-3H3. The first-order valence-corrected chi connectivity index (χ1v) is 8.85. The monoisotopic (exact) mass is 339 g/mol. The summed E-state index contributed by atoms with van der Waals surface area (Å²) in [4.78, 5) is 1.95. The summed E-state index contributed by atoms with van der Waals surface area (Å²) in [6, 6.07) is 12.6. The van der Waals surface area contributed by atoms with Gasteiger partial charge in [-0.25, -0.2) is 0 Å². The van der Waals surface area contributed by atoms with Crippen molar-refractivity contribution in [2.45, 2.75) is 51.9 Å². The van der Waals surface area contributed by atoms with Crippen LogP contribution in [0.15, 0.2) is 42.5 Å². The quantitative estimate of drug-likeness (QED) is 0.415. The SMILES string of the molecule is CCCCCC(C)(C)c1ccc(O)c(-n2nc3ccccc3[n+]2[O-])c1. The number of fused-ring (bicyclic) bond motifs is 1. The van der Waals surface area contributed by atoms with Crippen LogP contribution in [0.25, 0.3) is 16.7 Å². The summed E-state index contributed by atoms with van der Waals surface area (Å²) < 4.78 is 0. The number of benzene rings is 2. The van der Waals surface area contributed by atoms with Gasteiger partial charge >= 0.3 is 0 Å². The zero-order chi connectivity index (χ0) is 18.0. The molecule has 0 aliphatic heterocycles. The average molecular weight is 339 g/mol. The van der Waals surface area contributed by atoms with Crippen LogP contribution in [0.5, 0.6) is 5.75 Å². The molecule has 0 spiro atoms. The first-order chi connectivity index (χ1) is 11.9. The molecular weight excluding hydrogens is 314 g/mol. The first kappa shape index (κ1) is 17.3. The molecule has 0 amide bonds. The van der Waals surface area contributed by atoms with E-state index in [-0.39, 0.29) is 11.2 Å². The van der Waals surface area contributed by atoms with Gasteiger partial charge in [-0.3, -0.25) is 0 Å². The number of para-hydroxylation sites is 1. The highest BCUT2D eigenvalue weighted by Gasteiger charge is 2.24. The Labute approximate surface area is 148 Å². The van der Waals surface area contributed by atoms with Crippen molar-refractivity contribution in [3.8, 4) is 11.4 Å². The maximum atomic E-state index is 12.6. The van der Waals surface area contributed by atoms with Crippen LogP contribution in [-0.4, -0.2) is 15.0 Å². The van der Waals surface area contributed by atoms with Crippen LogP contribution in [0.3, 0.4) is 0 Å². The molecule has 25 heavy (non-hydrogen) atoms. The summed E-state index contributed by atoms with van der Waals surface area (Å²) in [5.74, 6) is 0.0468. The highest BCUT2D eigenvalue weighted by atomic mass is 16.5. The fourth-order valence-electron chi connectivity index (χ4n) is 3.17. The Morgan fingerprint density at radius 2 is 1.92 bits per heavy atom. The number of nitrogens with zero attached hydrogens (tertiary/aromatic N) is 3. The van der Waals surface area contributed by atoms with Gasteiger partial charge in [-0.05, 0) is 46.5 Å². The third-order valence-electron chi connectivity index (χ3n) is 4.84. The van der Waals surface area contributed by atoms with Gasteiger partial charge in [0.2, 0.25) is 11.0 Å². The number of hydrogen-bond donors (Lipinski definition) is 1. The summed E-state index contributed by atoms with van der Waals surface area (Å²) in [5, 5.41) is 27.2. The van der Waals surface area contributed by atoms with Crippen LogP contribution >= 0.6 is 0 Å². The van der Waals surface area contributed by atoms with E-state index in [1.54, 1.807) is 24.3 Å². The van der Waals surface area contributed by atoms with Crippen LogP contribution < -0.4 is 4.85 Å². The molecule has 3 rings (SSSR count). The summed E-state index contributed by atoms with van der Waals surface area (Å²) in [5.41, 5.74) is 2.56. The molecule has 0 unspecified atom stereocenters. The molecule has 1 aromatic heterocycles. The Morgan fingerprint density at radius 1 is 1.16 bits per heavy atom. The Hall–Kier alpha value is -2.56. The summed E-state index contributed by atoms with van der Waals surface area (Å²) in [6.07, 6.45) is 4.61. The zero-order valence-electron chi connectivity index (χ0n) is 15.1. The minimum atomic E-state index is -0.0299. The first-order valence-electron chi connectivity index (χ1n) is 8.85. The Bertz CT molecular complexity index is 884. The van der Waals surface area contributed by atoms with E-state index in [4.69, 9.17) is 0 Å². The lowest BCUT2D eigenvalue weighted by Gasteiger charge is -2.26. The second-order valence-corrected chi connectivity index (χ2v) is 7.20. The molecule has 3 aromatic rings. The van der Waals surface area contributed by atoms with Gasteiger partial charge in [0, 0.05) is 0 Å². The second-order valence-electron chi connectivity index (χ2n) is 7.20. The minimum absolute atomic E-state index is 0.0299. The van der Waals surface area contributed by atoms with Gasteiger partial charge in [0.05, 0.1) is 5.10 Å². The van der Waals surface area contributed by atoms with E-state index >= 15 is 0 Å². The summed E-state index contributed by atoms with van der Waals surface area (Å²) in [6.45, 7) is 6.59. The van der Waals surface area contributed by atoms with Crippen molar-refractivity contribution in [2.75, 3.05) is 0 Å². The van der Waals surface area contributed by atoms with Gasteiger partial charge < -0.3 is 10.3 Å². The lowest BCUT2D eigenvalue weighted by Crippen LogP contribution is -2.37. The molecule has 0 saturated heterocycles. The zero-order valence-corrected chi connectivity index (χ0v) is 15.1. The predicted molar refractivity (Wildman–Crippen MR) is 98.9 cm³/mol. The third kappa shape index (κ3) is 3.31. The number of unbranched alkanes of at least 4 members (excludes halogenated alkanes) is 2. The Kier molecular flexibility index (Phi) is 4.66. The van der Waals surface area contributed by atoms with Crippen molar-refractivity contribution in [1.29, 1.82) is 0 Å². The maximum Gasteiger partial charge on any atom is 0.250 e. The van der Waals surface area contributed by atoms with Crippen LogP contribution in [0.1, 0.15) is 52.0 Å². The van der Waals surface area contributed by atoms with E-state index in [0.717, 1.165) is 23.3 Å². The van der Waals surface area contributed by atoms with E-state index in [1.807, 2.05) is 18.2 Å². The van der Waals surface area contributed by atoms with Crippen molar-refractivity contribution in [2.24, 2.45) is 0 Å². The van der Waals surface area contributed by atoms with Gasteiger partial charge in [-0.15, -0.1) is 4.85 Å². The molecule has 0 aliphatic carbocycles. The van der Waals surface area contributed by atoms with Crippen molar-refractivity contribution >= 4 is 11.0 Å². The molecule has 5 heteroatoms. The largest absolute Gasteiger partial charge is 0.692 e. The predicted octanol–water partition coefficient (Wildman–Crippen LogP) is 4.22. The topological polar surface area (TPSA) is 65.0 Å². The number of phenolic OH excluding ortho intramolecular Hbond substituents is 1. The van der Waals surface area contributed by atoms with Crippen LogP contribution in [0, 0.1) is 5.21 Å². The number of hydrogen-bond acceptors (Lipinski definition) is 3. The van der Waals surface area contributed by atoms with Crippen molar-refractivity contribution in [3.63, 3.8) is 0 Å². The Balaban J connectivity index is 2.03. The molecule has 0 atom stereocenters. The third-order valence-corrected chi connectivity index (χ3v) is 4.84. The fraction of sp³-hybridized carbons (Fsp3) is 0.400. The van der Waals surface area contributed by atoms with Crippen LogP contribution in [-0.2, 0) is 5.41 Å². The van der Waals surface area contributed by atoms with Crippen molar-refractivity contribution in [1.82, 2.24) is 9.90 Å². The average Bonchev–Trinajstić information content (AvgIpc) is 2.92. The highest BCUT2D eigenvalue weighted by Crippen LogP contribution is 2.33. The summed E-state index contributed by atoms with van der Waals surface area (Å²) >= 11 is 0. The molecule has 0 bridgehead atoms. The minimum Gasteiger partial charge on any atom is -0.692 e. The molecule has 0 aliphatic rings. The van der Waals surface area contributed by atoms with E-state index in [0.29, 0.717) is 16.7 Å². The molecular formula is C20H25N3O2. The number of aromatic hydroxyl groups is 1. The maximum absolute atomic E-state index is 12.6.